The largest absolute Gasteiger partial charge is 0.459 e. The molecule has 0 amide bonds. The number of nitrogens with zero attached hydrogens (tertiary/aromatic N) is 1. The van der Waals surface area contributed by atoms with Gasteiger partial charge in [-0.05, 0) is 33.8 Å². The quantitative estimate of drug-likeness (QED) is 0.680. The van der Waals surface area contributed by atoms with Crippen LogP contribution in [-0.2, 0) is 16.1 Å². The predicted molar refractivity (Wildman–Crippen MR) is 76.1 cm³/mol. The SMILES string of the molecule is CC(=O)c1c[nH]c2c1C=CN(CC(=O)OC(C)(C)C)C2. The molecule has 0 bridgehead atoms. The van der Waals surface area contributed by atoms with Crippen molar-refractivity contribution in [2.24, 2.45) is 0 Å². The Morgan fingerprint density at radius 1 is 1.40 bits per heavy atom. The highest BCUT2D eigenvalue weighted by Crippen LogP contribution is 2.23. The summed E-state index contributed by atoms with van der Waals surface area (Å²) in [6.07, 6.45) is 5.40. The van der Waals surface area contributed by atoms with Crippen molar-refractivity contribution in [1.29, 1.82) is 0 Å². The van der Waals surface area contributed by atoms with Crippen LogP contribution in [0.25, 0.3) is 6.08 Å². The number of hydrogen-bond acceptors (Lipinski definition) is 4. The fourth-order valence-electron chi connectivity index (χ4n) is 2.17. The Morgan fingerprint density at radius 2 is 2.10 bits per heavy atom. The van der Waals surface area contributed by atoms with E-state index in [9.17, 15) is 9.59 Å². The van der Waals surface area contributed by atoms with Crippen molar-refractivity contribution in [3.05, 3.63) is 29.2 Å². The van der Waals surface area contributed by atoms with E-state index >= 15 is 0 Å². The van der Waals surface area contributed by atoms with Gasteiger partial charge in [0.15, 0.2) is 5.78 Å². The fraction of sp³-hybridized carbons (Fsp3) is 0.467. The number of hydrogen-bond donors (Lipinski definition) is 1. The second kappa shape index (κ2) is 5.15. The molecule has 1 aliphatic rings. The van der Waals surface area contributed by atoms with Gasteiger partial charge in [-0.3, -0.25) is 9.59 Å². The fourth-order valence-corrected chi connectivity index (χ4v) is 2.17. The minimum Gasteiger partial charge on any atom is -0.459 e. The molecule has 0 radical (unpaired) electrons. The smallest absolute Gasteiger partial charge is 0.326 e. The average molecular weight is 276 g/mol. The molecule has 2 heterocycles. The number of ketones is 1. The molecule has 108 valence electrons. The predicted octanol–water partition coefficient (Wildman–Crippen LogP) is 2.35. The number of carbonyl (C=O) groups is 2. The maximum atomic E-state index is 11.8. The molecule has 0 unspecified atom stereocenters. The topological polar surface area (TPSA) is 62.4 Å². The second-order valence-electron chi connectivity index (χ2n) is 5.96. The Bertz CT molecular complexity index is 564. The zero-order valence-corrected chi connectivity index (χ0v) is 12.3. The third-order valence-corrected chi connectivity index (χ3v) is 2.95. The lowest BCUT2D eigenvalue weighted by atomic mass is 10.1. The lowest BCUT2D eigenvalue weighted by molar-refractivity contribution is -0.155. The Morgan fingerprint density at radius 3 is 2.70 bits per heavy atom. The summed E-state index contributed by atoms with van der Waals surface area (Å²) in [5.74, 6) is -0.225. The third kappa shape index (κ3) is 3.29. The summed E-state index contributed by atoms with van der Waals surface area (Å²) >= 11 is 0. The number of rotatable bonds is 3. The summed E-state index contributed by atoms with van der Waals surface area (Å²) in [4.78, 5) is 28.2. The van der Waals surface area contributed by atoms with Crippen LogP contribution in [0.4, 0.5) is 0 Å². The van der Waals surface area contributed by atoms with Crippen molar-refractivity contribution in [2.45, 2.75) is 39.8 Å². The Kier molecular flexibility index (Phi) is 3.70. The number of aromatic nitrogens is 1. The molecule has 1 aromatic heterocycles. The molecule has 1 aliphatic heterocycles. The molecule has 0 fully saturated rings. The normalized spacial score (nSPS) is 14.1. The van der Waals surface area contributed by atoms with Gasteiger partial charge in [-0.1, -0.05) is 0 Å². The van der Waals surface area contributed by atoms with E-state index < -0.39 is 5.60 Å². The molecule has 0 aromatic carbocycles. The van der Waals surface area contributed by atoms with E-state index in [4.69, 9.17) is 4.74 Å². The molecule has 1 N–H and O–H groups in total. The van der Waals surface area contributed by atoms with Gasteiger partial charge in [0, 0.05) is 29.2 Å². The van der Waals surface area contributed by atoms with Gasteiger partial charge in [0.2, 0.25) is 0 Å². The van der Waals surface area contributed by atoms with E-state index in [0.29, 0.717) is 12.1 Å². The van der Waals surface area contributed by atoms with E-state index in [2.05, 4.69) is 4.98 Å². The summed E-state index contributed by atoms with van der Waals surface area (Å²) in [5, 5.41) is 0. The number of Topliss-reactive ketones (excluding diaryl/α,β-unsaturated/α-hetero) is 1. The van der Waals surface area contributed by atoms with E-state index in [0.717, 1.165) is 11.3 Å². The van der Waals surface area contributed by atoms with Gasteiger partial charge in [0.05, 0.1) is 6.54 Å². The van der Waals surface area contributed by atoms with E-state index in [-0.39, 0.29) is 18.3 Å². The first-order valence-electron chi connectivity index (χ1n) is 6.61. The van der Waals surface area contributed by atoms with Crippen LogP contribution in [0.5, 0.6) is 0 Å². The lowest BCUT2D eigenvalue weighted by Crippen LogP contribution is -2.33. The number of esters is 1. The first-order chi connectivity index (χ1) is 9.26. The molecule has 0 saturated carbocycles. The van der Waals surface area contributed by atoms with Crippen LogP contribution in [0.2, 0.25) is 0 Å². The second-order valence-corrected chi connectivity index (χ2v) is 5.96. The van der Waals surface area contributed by atoms with Crippen LogP contribution in [0.3, 0.4) is 0 Å². The van der Waals surface area contributed by atoms with Crippen LogP contribution < -0.4 is 0 Å². The average Bonchev–Trinajstić information content (AvgIpc) is 2.68. The lowest BCUT2D eigenvalue weighted by Gasteiger charge is -2.25. The summed E-state index contributed by atoms with van der Waals surface area (Å²) in [5.41, 5.74) is 2.07. The standard InChI is InChI=1S/C15H20N2O3/c1-10(18)12-7-16-13-8-17(6-5-11(12)13)9-14(19)20-15(2,3)4/h5-7,16H,8-9H2,1-4H3. The van der Waals surface area contributed by atoms with Crippen molar-refractivity contribution >= 4 is 17.8 Å². The Hall–Kier alpha value is -2.04. The number of ether oxygens (including phenoxy) is 1. The highest BCUT2D eigenvalue weighted by molar-refractivity contribution is 5.98. The van der Waals surface area contributed by atoms with Crippen LogP contribution in [-0.4, -0.2) is 33.8 Å². The number of H-pyrrole nitrogens is 1. The molecule has 0 saturated heterocycles. The zero-order chi connectivity index (χ0) is 14.9. The summed E-state index contributed by atoms with van der Waals surface area (Å²) in [6, 6.07) is 0. The number of aromatic amines is 1. The molecular formula is C15H20N2O3. The van der Waals surface area contributed by atoms with Gasteiger partial charge in [-0.25, -0.2) is 0 Å². The molecule has 5 heteroatoms. The van der Waals surface area contributed by atoms with Gasteiger partial charge in [0.25, 0.3) is 0 Å². The van der Waals surface area contributed by atoms with Gasteiger partial charge in [-0.2, -0.15) is 0 Å². The maximum Gasteiger partial charge on any atom is 0.326 e. The highest BCUT2D eigenvalue weighted by atomic mass is 16.6. The van der Waals surface area contributed by atoms with Crippen LogP contribution in [0, 0.1) is 0 Å². The van der Waals surface area contributed by atoms with Gasteiger partial charge in [-0.15, -0.1) is 0 Å². The van der Waals surface area contributed by atoms with Gasteiger partial charge in [0.1, 0.15) is 12.1 Å². The van der Waals surface area contributed by atoms with Crippen molar-refractivity contribution < 1.29 is 14.3 Å². The molecule has 0 atom stereocenters. The van der Waals surface area contributed by atoms with Crippen LogP contribution >= 0.6 is 0 Å². The minimum atomic E-state index is -0.476. The molecule has 20 heavy (non-hydrogen) atoms. The first kappa shape index (κ1) is 14.4. The zero-order valence-electron chi connectivity index (χ0n) is 12.3. The molecule has 2 rings (SSSR count). The Balaban J connectivity index is 2.03. The van der Waals surface area contributed by atoms with E-state index in [1.165, 1.54) is 0 Å². The molecule has 5 nitrogen and oxygen atoms in total. The van der Waals surface area contributed by atoms with Crippen molar-refractivity contribution in [1.82, 2.24) is 9.88 Å². The van der Waals surface area contributed by atoms with Crippen molar-refractivity contribution in [3.8, 4) is 0 Å². The Labute approximate surface area is 118 Å². The molecule has 1 aromatic rings. The maximum absolute atomic E-state index is 11.8. The number of carbonyl (C=O) groups excluding carboxylic acids is 2. The highest BCUT2D eigenvalue weighted by Gasteiger charge is 2.21. The van der Waals surface area contributed by atoms with E-state index in [1.54, 1.807) is 13.1 Å². The number of fused-ring (bicyclic) bond motifs is 1. The summed E-state index contributed by atoms with van der Waals surface area (Å²) in [6.45, 7) is 7.85. The van der Waals surface area contributed by atoms with Crippen molar-refractivity contribution in [3.63, 3.8) is 0 Å². The van der Waals surface area contributed by atoms with Crippen molar-refractivity contribution in [2.75, 3.05) is 6.54 Å². The molecular weight excluding hydrogens is 256 g/mol. The van der Waals surface area contributed by atoms with Gasteiger partial charge >= 0.3 is 5.97 Å². The summed E-state index contributed by atoms with van der Waals surface area (Å²) < 4.78 is 5.29. The summed E-state index contributed by atoms with van der Waals surface area (Å²) in [7, 11) is 0. The number of nitrogens with one attached hydrogen (secondary N) is 1. The first-order valence-corrected chi connectivity index (χ1v) is 6.61. The van der Waals surface area contributed by atoms with E-state index in [1.807, 2.05) is 37.9 Å². The third-order valence-electron chi connectivity index (χ3n) is 2.95. The monoisotopic (exact) mass is 276 g/mol. The molecule has 0 aliphatic carbocycles. The van der Waals surface area contributed by atoms with Gasteiger partial charge < -0.3 is 14.6 Å². The van der Waals surface area contributed by atoms with Crippen LogP contribution in [0.1, 0.15) is 49.3 Å². The minimum absolute atomic E-state index is 0.0349. The molecule has 0 spiro atoms. The van der Waals surface area contributed by atoms with Crippen LogP contribution in [0.15, 0.2) is 12.4 Å².